The Morgan fingerprint density at radius 3 is 1.36 bits per heavy atom. The van der Waals surface area contributed by atoms with E-state index in [9.17, 15) is 0 Å². The molecule has 0 aliphatic carbocycles. The lowest BCUT2D eigenvalue weighted by molar-refractivity contribution is 1.53. The van der Waals surface area contributed by atoms with E-state index in [1.807, 2.05) is 44.3 Å². The molecule has 4 heteroatoms. The number of benzene rings is 4. The lowest BCUT2D eigenvalue weighted by Gasteiger charge is -2.03. The fraction of sp³-hybridized carbons (Fsp3) is 0. The summed E-state index contributed by atoms with van der Waals surface area (Å²) in [6.07, 6.45) is 0. The normalized spacial score (nSPS) is 11.9. The molecule has 0 amide bonds. The van der Waals surface area contributed by atoms with Gasteiger partial charge in [0.25, 0.3) is 0 Å². The molecule has 0 saturated carbocycles. The quantitative estimate of drug-likeness (QED) is 0.257. The minimum Gasteiger partial charge on any atom is -0.135 e. The van der Waals surface area contributed by atoms with Crippen LogP contribution < -0.4 is 0 Å². The van der Waals surface area contributed by atoms with Gasteiger partial charge < -0.3 is 0 Å². The summed E-state index contributed by atoms with van der Waals surface area (Å²) < 4.78 is 5.45. The van der Waals surface area contributed by atoms with E-state index in [-0.39, 0.29) is 0 Å². The van der Waals surface area contributed by atoms with Crippen LogP contribution in [0.3, 0.4) is 0 Å². The van der Waals surface area contributed by atoms with Crippen LogP contribution in [0, 0.1) is 0 Å². The lowest BCUT2D eigenvalue weighted by Crippen LogP contribution is -1.72. The van der Waals surface area contributed by atoms with E-state index >= 15 is 0 Å². The minimum absolute atomic E-state index is 1.30. The summed E-state index contributed by atoms with van der Waals surface area (Å²) in [6, 6.07) is 31.1. The molecule has 0 nitrogen and oxygen atoms in total. The average Bonchev–Trinajstić information content (AvgIpc) is 3.30. The fourth-order valence-corrected chi connectivity index (χ4v) is 7.75. The Morgan fingerprint density at radius 2 is 0.857 bits per heavy atom. The van der Waals surface area contributed by atoms with Crippen molar-refractivity contribution in [2.75, 3.05) is 0 Å². The topological polar surface area (TPSA) is 0 Å². The SMILES string of the molecule is c1ccc2c(c1)sc1ccc(SSc3ccc4sc5ccccc5c4c3)cc12. The maximum Gasteiger partial charge on any atom is 0.0356 e. The number of hydrogen-bond donors (Lipinski definition) is 0. The predicted molar refractivity (Wildman–Crippen MR) is 130 cm³/mol. The molecule has 6 aromatic rings. The van der Waals surface area contributed by atoms with Gasteiger partial charge >= 0.3 is 0 Å². The molecule has 0 radical (unpaired) electrons. The zero-order valence-electron chi connectivity index (χ0n) is 14.7. The van der Waals surface area contributed by atoms with E-state index in [0.29, 0.717) is 0 Å². The molecule has 0 atom stereocenters. The van der Waals surface area contributed by atoms with Gasteiger partial charge in [0.1, 0.15) is 0 Å². The van der Waals surface area contributed by atoms with Gasteiger partial charge in [-0.15, -0.1) is 22.7 Å². The van der Waals surface area contributed by atoms with E-state index in [1.54, 1.807) is 0 Å². The summed E-state index contributed by atoms with van der Waals surface area (Å²) in [5.74, 6) is 0. The second-order valence-electron chi connectivity index (χ2n) is 6.68. The molecule has 0 bridgehead atoms. The average molecular weight is 431 g/mol. The lowest BCUT2D eigenvalue weighted by atomic mass is 10.1. The first-order chi connectivity index (χ1) is 13.8. The third-order valence-electron chi connectivity index (χ3n) is 4.93. The number of hydrogen-bond acceptors (Lipinski definition) is 4. The van der Waals surface area contributed by atoms with Gasteiger partial charge in [0.05, 0.1) is 0 Å². The number of thiophene rings is 2. The van der Waals surface area contributed by atoms with Crippen LogP contribution in [-0.2, 0) is 0 Å². The van der Waals surface area contributed by atoms with E-state index in [4.69, 9.17) is 0 Å². The Bertz CT molecular complexity index is 1360. The molecule has 2 aromatic heterocycles. The second-order valence-corrected chi connectivity index (χ2v) is 11.1. The molecule has 0 saturated heterocycles. The molecular formula is C24H14S4. The molecular weight excluding hydrogens is 417 g/mol. The van der Waals surface area contributed by atoms with Crippen molar-refractivity contribution in [3.8, 4) is 0 Å². The highest BCUT2D eigenvalue weighted by Crippen LogP contribution is 2.43. The molecule has 0 unspecified atom stereocenters. The van der Waals surface area contributed by atoms with Gasteiger partial charge in [0, 0.05) is 50.1 Å². The Morgan fingerprint density at radius 1 is 0.429 bits per heavy atom. The Hall–Kier alpha value is -1.98. The highest BCUT2D eigenvalue weighted by Gasteiger charge is 2.08. The van der Waals surface area contributed by atoms with Crippen LogP contribution in [-0.4, -0.2) is 0 Å². The summed E-state index contributed by atoms with van der Waals surface area (Å²) in [5, 5.41) is 5.46. The van der Waals surface area contributed by atoms with Gasteiger partial charge in [-0.3, -0.25) is 0 Å². The summed E-state index contributed by atoms with van der Waals surface area (Å²) in [4.78, 5) is 2.60. The molecule has 6 rings (SSSR count). The van der Waals surface area contributed by atoms with Gasteiger partial charge in [0.15, 0.2) is 0 Å². The summed E-state index contributed by atoms with van der Waals surface area (Å²) in [5.41, 5.74) is 0. The first-order valence-electron chi connectivity index (χ1n) is 9.02. The molecule has 0 N–H and O–H groups in total. The van der Waals surface area contributed by atoms with Gasteiger partial charge in [-0.25, -0.2) is 0 Å². The van der Waals surface area contributed by atoms with Crippen LogP contribution in [0.1, 0.15) is 0 Å². The highest BCUT2D eigenvalue weighted by molar-refractivity contribution is 8.76. The van der Waals surface area contributed by atoms with Crippen LogP contribution in [0.5, 0.6) is 0 Å². The van der Waals surface area contributed by atoms with Crippen molar-refractivity contribution >= 4 is 84.6 Å². The van der Waals surface area contributed by atoms with Gasteiger partial charge in [-0.05, 0) is 48.5 Å². The predicted octanol–water partition coefficient (Wildman–Crippen LogP) is 9.22. The monoisotopic (exact) mass is 430 g/mol. The fourth-order valence-electron chi connectivity index (χ4n) is 3.61. The summed E-state index contributed by atoms with van der Waals surface area (Å²) in [6.45, 7) is 0. The number of rotatable bonds is 3. The number of fused-ring (bicyclic) bond motifs is 6. The van der Waals surface area contributed by atoms with Crippen molar-refractivity contribution in [1.82, 2.24) is 0 Å². The summed E-state index contributed by atoms with van der Waals surface area (Å²) in [7, 11) is 3.68. The molecule has 4 aromatic carbocycles. The Kier molecular flexibility index (Phi) is 4.12. The van der Waals surface area contributed by atoms with Crippen molar-refractivity contribution in [2.24, 2.45) is 0 Å². The molecule has 0 spiro atoms. The standard InChI is InChI=1S/C24H14S4/c1-3-7-21-17(5-1)19-13-15(9-11-23(19)25-21)27-28-16-10-12-24-20(14-16)18-6-2-4-8-22(18)26-24/h1-14H. The van der Waals surface area contributed by atoms with Crippen LogP contribution in [0.25, 0.3) is 40.3 Å². The van der Waals surface area contributed by atoms with Crippen molar-refractivity contribution in [3.05, 3.63) is 84.9 Å². The second kappa shape index (κ2) is 6.82. The van der Waals surface area contributed by atoms with Crippen LogP contribution in [0.15, 0.2) is 94.7 Å². The third-order valence-corrected chi connectivity index (χ3v) is 9.61. The molecule has 134 valence electrons. The smallest absolute Gasteiger partial charge is 0.0356 e. The zero-order chi connectivity index (χ0) is 18.5. The molecule has 0 aliphatic rings. The minimum atomic E-state index is 1.30. The Balaban J connectivity index is 1.34. The van der Waals surface area contributed by atoms with E-state index in [1.165, 1.54) is 50.1 Å². The molecule has 0 fully saturated rings. The summed E-state index contributed by atoms with van der Waals surface area (Å²) >= 11 is 3.75. The van der Waals surface area contributed by atoms with Gasteiger partial charge in [0.2, 0.25) is 0 Å². The van der Waals surface area contributed by atoms with Crippen molar-refractivity contribution < 1.29 is 0 Å². The first kappa shape index (κ1) is 16.9. The molecule has 28 heavy (non-hydrogen) atoms. The van der Waals surface area contributed by atoms with E-state index in [0.717, 1.165) is 0 Å². The van der Waals surface area contributed by atoms with Crippen molar-refractivity contribution in [2.45, 2.75) is 9.79 Å². The van der Waals surface area contributed by atoms with Gasteiger partial charge in [-0.1, -0.05) is 58.0 Å². The maximum absolute atomic E-state index is 2.34. The van der Waals surface area contributed by atoms with Crippen molar-refractivity contribution in [3.63, 3.8) is 0 Å². The molecule has 0 aliphatic heterocycles. The molecule has 2 heterocycles. The van der Waals surface area contributed by atoms with Gasteiger partial charge in [-0.2, -0.15) is 0 Å². The van der Waals surface area contributed by atoms with E-state index < -0.39 is 0 Å². The van der Waals surface area contributed by atoms with Crippen LogP contribution >= 0.6 is 44.3 Å². The third kappa shape index (κ3) is 2.83. The maximum atomic E-state index is 2.34. The first-order valence-corrected chi connectivity index (χ1v) is 12.8. The Labute approximate surface area is 178 Å². The van der Waals surface area contributed by atoms with E-state index in [2.05, 4.69) is 84.9 Å². The van der Waals surface area contributed by atoms with Crippen molar-refractivity contribution in [1.29, 1.82) is 0 Å². The zero-order valence-corrected chi connectivity index (χ0v) is 18.0. The van der Waals surface area contributed by atoms with Crippen LogP contribution in [0.4, 0.5) is 0 Å². The largest absolute Gasteiger partial charge is 0.135 e. The van der Waals surface area contributed by atoms with Crippen LogP contribution in [0.2, 0.25) is 0 Å². The highest BCUT2D eigenvalue weighted by atomic mass is 33.1.